The molecule has 26 heavy (non-hydrogen) atoms. The Morgan fingerprint density at radius 2 is 1.85 bits per heavy atom. The van der Waals surface area contributed by atoms with E-state index < -0.39 is 0 Å². The molecule has 5 nitrogen and oxygen atoms in total. The number of hydrogen-bond donors (Lipinski definition) is 2. The average Bonchev–Trinajstić information content (AvgIpc) is 2.69. The summed E-state index contributed by atoms with van der Waals surface area (Å²) in [6.07, 6.45) is 7.98. The van der Waals surface area contributed by atoms with Crippen LogP contribution in [0.2, 0.25) is 0 Å². The molecule has 0 radical (unpaired) electrons. The van der Waals surface area contributed by atoms with Crippen LogP contribution in [-0.4, -0.2) is 59.8 Å². The third-order valence-corrected chi connectivity index (χ3v) is 6.76. The van der Waals surface area contributed by atoms with Crippen LogP contribution in [0.15, 0.2) is 24.3 Å². The average molecular weight is 378 g/mol. The molecule has 2 N–H and O–H groups in total. The third-order valence-electron chi connectivity index (χ3n) is 5.29. The lowest BCUT2D eigenvalue weighted by Crippen LogP contribution is -2.52. The van der Waals surface area contributed by atoms with E-state index in [4.69, 9.17) is 0 Å². The van der Waals surface area contributed by atoms with Gasteiger partial charge in [0.1, 0.15) is 5.75 Å². The molecule has 0 bridgehead atoms. The Morgan fingerprint density at radius 3 is 2.58 bits per heavy atom. The highest BCUT2D eigenvalue weighted by Crippen LogP contribution is 2.28. The first-order valence-electron chi connectivity index (χ1n) is 9.91. The van der Waals surface area contributed by atoms with Gasteiger partial charge in [0.05, 0.1) is 5.69 Å². The number of phenols is 1. The normalized spacial score (nSPS) is 18.8. The summed E-state index contributed by atoms with van der Waals surface area (Å²) in [7, 11) is 0. The molecule has 1 aromatic carbocycles. The molecule has 1 saturated carbocycles. The minimum atomic E-state index is 0.0459. The predicted molar refractivity (Wildman–Crippen MR) is 109 cm³/mol. The van der Waals surface area contributed by atoms with E-state index in [9.17, 15) is 9.90 Å². The van der Waals surface area contributed by atoms with E-state index in [1.807, 2.05) is 23.1 Å². The topological polar surface area (TPSA) is 55.8 Å². The van der Waals surface area contributed by atoms with Gasteiger partial charge in [0.15, 0.2) is 0 Å². The van der Waals surface area contributed by atoms with Gasteiger partial charge in [0, 0.05) is 38.0 Å². The van der Waals surface area contributed by atoms with Crippen molar-refractivity contribution >= 4 is 23.5 Å². The summed E-state index contributed by atoms with van der Waals surface area (Å²) in [6.45, 7) is 3.65. The first-order valence-corrected chi connectivity index (χ1v) is 11.0. The van der Waals surface area contributed by atoms with Crippen LogP contribution in [0.1, 0.15) is 38.5 Å². The first kappa shape index (κ1) is 19.2. The number of rotatable bonds is 6. The number of carbonyl (C=O) groups excluding carboxylic acids is 1. The molecule has 2 amide bonds. The SMILES string of the molecule is O=C(NCCCSC1CCCCC1)N1CCN(c2ccccc2O)CC1. The molecule has 1 aromatic rings. The fourth-order valence-corrected chi connectivity index (χ4v) is 5.05. The zero-order chi connectivity index (χ0) is 18.2. The van der Waals surface area contributed by atoms with Crippen LogP contribution < -0.4 is 10.2 Å². The largest absolute Gasteiger partial charge is 0.506 e. The highest BCUT2D eigenvalue weighted by molar-refractivity contribution is 7.99. The maximum atomic E-state index is 12.3. The summed E-state index contributed by atoms with van der Waals surface area (Å²) in [4.78, 5) is 16.3. The van der Waals surface area contributed by atoms with Crippen LogP contribution in [0, 0.1) is 0 Å². The lowest BCUT2D eigenvalue weighted by Gasteiger charge is -2.36. The van der Waals surface area contributed by atoms with Crippen LogP contribution >= 0.6 is 11.8 Å². The first-order chi connectivity index (χ1) is 12.7. The highest BCUT2D eigenvalue weighted by atomic mass is 32.2. The van der Waals surface area contributed by atoms with Crippen LogP contribution in [-0.2, 0) is 0 Å². The number of phenolic OH excluding ortho intramolecular Hbond substituents is 1. The van der Waals surface area contributed by atoms with E-state index in [0.29, 0.717) is 18.8 Å². The third kappa shape index (κ3) is 5.47. The maximum absolute atomic E-state index is 12.3. The number of urea groups is 1. The fourth-order valence-electron chi connectivity index (χ4n) is 3.74. The van der Waals surface area contributed by atoms with Gasteiger partial charge in [-0.15, -0.1) is 0 Å². The van der Waals surface area contributed by atoms with Gasteiger partial charge >= 0.3 is 6.03 Å². The van der Waals surface area contributed by atoms with Gasteiger partial charge < -0.3 is 20.2 Å². The zero-order valence-corrected chi connectivity index (χ0v) is 16.3. The number of piperazine rings is 1. The molecule has 0 aromatic heterocycles. The van der Waals surface area contributed by atoms with Gasteiger partial charge in [-0.25, -0.2) is 4.79 Å². The second-order valence-electron chi connectivity index (χ2n) is 7.18. The van der Waals surface area contributed by atoms with E-state index in [1.54, 1.807) is 6.07 Å². The Kier molecular flexibility index (Phi) is 7.35. The molecule has 2 aliphatic rings. The van der Waals surface area contributed by atoms with Crippen molar-refractivity contribution in [1.82, 2.24) is 10.2 Å². The van der Waals surface area contributed by atoms with Crippen molar-refractivity contribution < 1.29 is 9.90 Å². The van der Waals surface area contributed by atoms with E-state index in [-0.39, 0.29) is 6.03 Å². The van der Waals surface area contributed by atoms with Crippen molar-refractivity contribution in [3.8, 4) is 5.75 Å². The van der Waals surface area contributed by atoms with Crippen molar-refractivity contribution in [2.45, 2.75) is 43.8 Å². The van der Waals surface area contributed by atoms with Crippen molar-refractivity contribution in [2.75, 3.05) is 43.4 Å². The second-order valence-corrected chi connectivity index (χ2v) is 8.59. The second kappa shape index (κ2) is 9.95. The standard InChI is InChI=1S/C20H31N3O2S/c24-19-10-5-4-9-18(19)22-12-14-23(15-13-22)20(25)21-11-6-16-26-17-7-2-1-3-8-17/h4-5,9-10,17,24H,1-3,6-8,11-16H2,(H,21,25). The fraction of sp³-hybridized carbons (Fsp3) is 0.650. The highest BCUT2D eigenvalue weighted by Gasteiger charge is 2.22. The molecule has 0 spiro atoms. The zero-order valence-electron chi connectivity index (χ0n) is 15.5. The minimum absolute atomic E-state index is 0.0459. The van der Waals surface area contributed by atoms with E-state index >= 15 is 0 Å². The molecule has 144 valence electrons. The molecule has 0 unspecified atom stereocenters. The van der Waals surface area contributed by atoms with Crippen LogP contribution in [0.5, 0.6) is 5.75 Å². The number of thioether (sulfide) groups is 1. The molecule has 1 heterocycles. The Hall–Kier alpha value is -1.56. The monoisotopic (exact) mass is 377 g/mol. The number of benzene rings is 1. The van der Waals surface area contributed by atoms with E-state index in [2.05, 4.69) is 22.0 Å². The molecule has 3 rings (SSSR count). The summed E-state index contributed by atoms with van der Waals surface area (Å²) in [6, 6.07) is 7.44. The smallest absolute Gasteiger partial charge is 0.317 e. The Labute approximate surface area is 161 Å². The van der Waals surface area contributed by atoms with Crippen molar-refractivity contribution in [1.29, 1.82) is 0 Å². The number of amides is 2. The van der Waals surface area contributed by atoms with Crippen LogP contribution in [0.4, 0.5) is 10.5 Å². The molecular weight excluding hydrogens is 346 g/mol. The van der Waals surface area contributed by atoms with Crippen molar-refractivity contribution in [3.63, 3.8) is 0 Å². The molecular formula is C20H31N3O2S. The Balaban J connectivity index is 1.30. The molecule has 6 heteroatoms. The molecule has 1 aliphatic carbocycles. The number of nitrogens with zero attached hydrogens (tertiary/aromatic N) is 2. The molecule has 1 aliphatic heterocycles. The van der Waals surface area contributed by atoms with Crippen molar-refractivity contribution in [3.05, 3.63) is 24.3 Å². The van der Waals surface area contributed by atoms with Gasteiger partial charge in [-0.2, -0.15) is 11.8 Å². The van der Waals surface area contributed by atoms with Crippen LogP contribution in [0.3, 0.4) is 0 Å². The van der Waals surface area contributed by atoms with Gasteiger partial charge in [-0.05, 0) is 37.1 Å². The summed E-state index contributed by atoms with van der Waals surface area (Å²) in [5.74, 6) is 1.45. The maximum Gasteiger partial charge on any atom is 0.317 e. The van der Waals surface area contributed by atoms with Gasteiger partial charge in [-0.1, -0.05) is 31.4 Å². The predicted octanol–water partition coefficient (Wildman–Crippen LogP) is 3.68. The van der Waals surface area contributed by atoms with Gasteiger partial charge in [0.25, 0.3) is 0 Å². The number of aromatic hydroxyl groups is 1. The number of nitrogens with one attached hydrogen (secondary N) is 1. The Bertz CT molecular complexity index is 570. The summed E-state index contributed by atoms with van der Waals surface area (Å²) in [5, 5.41) is 13.9. The Morgan fingerprint density at radius 1 is 1.12 bits per heavy atom. The number of hydrogen-bond acceptors (Lipinski definition) is 4. The number of carbonyl (C=O) groups is 1. The minimum Gasteiger partial charge on any atom is -0.506 e. The summed E-state index contributed by atoms with van der Waals surface area (Å²) in [5.41, 5.74) is 0.854. The lowest BCUT2D eigenvalue weighted by molar-refractivity contribution is 0.194. The van der Waals surface area contributed by atoms with E-state index in [1.165, 1.54) is 32.1 Å². The molecule has 2 fully saturated rings. The van der Waals surface area contributed by atoms with Crippen LogP contribution in [0.25, 0.3) is 0 Å². The number of anilines is 1. The summed E-state index contributed by atoms with van der Waals surface area (Å²) < 4.78 is 0. The van der Waals surface area contributed by atoms with Crippen molar-refractivity contribution in [2.24, 2.45) is 0 Å². The van der Waals surface area contributed by atoms with Gasteiger partial charge in [0.2, 0.25) is 0 Å². The lowest BCUT2D eigenvalue weighted by atomic mass is 10.0. The number of para-hydroxylation sites is 2. The quantitative estimate of drug-likeness (QED) is 0.743. The summed E-state index contributed by atoms with van der Waals surface area (Å²) >= 11 is 2.09. The molecule has 0 atom stereocenters. The van der Waals surface area contributed by atoms with E-state index in [0.717, 1.165) is 42.7 Å². The molecule has 1 saturated heterocycles. The van der Waals surface area contributed by atoms with Gasteiger partial charge in [-0.3, -0.25) is 0 Å².